The van der Waals surface area contributed by atoms with E-state index in [4.69, 9.17) is 20.2 Å². The lowest BCUT2D eigenvalue weighted by Crippen LogP contribution is -2.36. The maximum atomic E-state index is 12.9. The Bertz CT molecular complexity index is 1980. The van der Waals surface area contributed by atoms with Gasteiger partial charge in [0, 0.05) is 60.2 Å². The molecular formula is C36H36N8O4. The second kappa shape index (κ2) is 15.7. The monoisotopic (exact) mass is 644 g/mol. The van der Waals surface area contributed by atoms with E-state index in [0.717, 1.165) is 48.6 Å². The second-order valence-electron chi connectivity index (χ2n) is 11.1. The Hall–Kier alpha value is -5.77. The van der Waals surface area contributed by atoms with Crippen LogP contribution >= 0.6 is 0 Å². The molecule has 0 spiro atoms. The fourth-order valence-electron chi connectivity index (χ4n) is 5.22. The highest BCUT2D eigenvalue weighted by atomic mass is 16.5. The number of carbonyl (C=O) groups is 1. The minimum atomic E-state index is -0.497. The summed E-state index contributed by atoms with van der Waals surface area (Å²) < 4.78 is 13.0. The van der Waals surface area contributed by atoms with Crippen molar-refractivity contribution in [3.8, 4) is 17.6 Å². The summed E-state index contributed by atoms with van der Waals surface area (Å²) in [7, 11) is 0. The van der Waals surface area contributed by atoms with Gasteiger partial charge in [-0.3, -0.25) is 14.6 Å². The van der Waals surface area contributed by atoms with E-state index < -0.39 is 5.91 Å². The van der Waals surface area contributed by atoms with Gasteiger partial charge in [0.25, 0.3) is 11.5 Å². The van der Waals surface area contributed by atoms with Gasteiger partial charge in [-0.2, -0.15) is 0 Å². The molecule has 0 aliphatic carbocycles. The Morgan fingerprint density at radius 1 is 1.06 bits per heavy atom. The van der Waals surface area contributed by atoms with Gasteiger partial charge in [0.2, 0.25) is 5.95 Å². The van der Waals surface area contributed by atoms with Crippen LogP contribution in [-0.2, 0) is 11.3 Å². The van der Waals surface area contributed by atoms with Gasteiger partial charge in [0.15, 0.2) is 0 Å². The second-order valence-corrected chi connectivity index (χ2v) is 11.1. The largest absolute Gasteiger partial charge is 0.491 e. The molecule has 4 N–H and O–H groups in total. The van der Waals surface area contributed by atoms with Crippen molar-refractivity contribution in [3.63, 3.8) is 0 Å². The quantitative estimate of drug-likeness (QED) is 0.144. The Labute approximate surface area is 277 Å². The van der Waals surface area contributed by atoms with Gasteiger partial charge < -0.3 is 35.3 Å². The zero-order valence-corrected chi connectivity index (χ0v) is 26.4. The number of morpholine rings is 1. The van der Waals surface area contributed by atoms with Crippen molar-refractivity contribution < 1.29 is 14.3 Å². The molecule has 3 aromatic heterocycles. The van der Waals surface area contributed by atoms with Crippen LogP contribution in [-0.4, -0.2) is 71.4 Å². The molecule has 1 saturated heterocycles. The first-order valence-electron chi connectivity index (χ1n) is 15.8. The third-order valence-corrected chi connectivity index (χ3v) is 7.66. The van der Waals surface area contributed by atoms with Crippen molar-refractivity contribution in [3.05, 3.63) is 112 Å². The molecule has 0 atom stereocenters. The van der Waals surface area contributed by atoms with Crippen LogP contribution in [0.2, 0.25) is 0 Å². The SMILES string of the molecule is NCCCOc1cc(C#CCNC(=O)c2cccn(Cc3cccnc3)c2=O)cc2cnc(Nc3ccc(N4CCOCC4)cc3)nc12. The number of nitrogens with one attached hydrogen (secondary N) is 2. The van der Waals surface area contributed by atoms with Gasteiger partial charge in [-0.05, 0) is 73.1 Å². The molecule has 1 fully saturated rings. The van der Waals surface area contributed by atoms with E-state index in [1.54, 1.807) is 36.9 Å². The standard InChI is InChI=1S/C36H36N8O4/c37-12-4-18-48-32-22-26(5-2-14-39-34(45)31-7-3-15-44(35(31)46)25-27-6-1-13-38-23-27)21-28-24-40-36(42-33(28)32)41-29-8-10-30(11-9-29)43-16-19-47-20-17-43/h1,3,6-11,13,15,21-24H,4,12,14,16-20,25,37H2,(H,39,45)(H,40,41,42). The third-order valence-electron chi connectivity index (χ3n) is 7.66. The molecule has 0 saturated carbocycles. The van der Waals surface area contributed by atoms with Gasteiger partial charge in [0.05, 0.1) is 32.9 Å². The van der Waals surface area contributed by atoms with E-state index in [9.17, 15) is 9.59 Å². The number of benzene rings is 2. The molecule has 1 amide bonds. The lowest BCUT2D eigenvalue weighted by Gasteiger charge is -2.28. The van der Waals surface area contributed by atoms with Crippen LogP contribution < -0.4 is 31.6 Å². The summed E-state index contributed by atoms with van der Waals surface area (Å²) in [6.45, 7) is 4.48. The molecule has 1 aliphatic heterocycles. The van der Waals surface area contributed by atoms with Crippen LogP contribution in [0.15, 0.2) is 90.2 Å². The van der Waals surface area contributed by atoms with Gasteiger partial charge >= 0.3 is 0 Å². The minimum absolute atomic E-state index is 0.0408. The fourth-order valence-corrected chi connectivity index (χ4v) is 5.22. The summed E-state index contributed by atoms with van der Waals surface area (Å²) in [5, 5.41) is 6.76. The fraction of sp³-hybridized carbons (Fsp3) is 0.250. The summed E-state index contributed by atoms with van der Waals surface area (Å²) in [6.07, 6.45) is 7.40. The summed E-state index contributed by atoms with van der Waals surface area (Å²) >= 11 is 0. The topological polar surface area (TPSA) is 150 Å². The molecule has 48 heavy (non-hydrogen) atoms. The van der Waals surface area contributed by atoms with Crippen LogP contribution in [0.4, 0.5) is 17.3 Å². The predicted octanol–water partition coefficient (Wildman–Crippen LogP) is 3.32. The first kappa shape index (κ1) is 32.2. The number of amides is 1. The molecule has 6 rings (SSSR count). The van der Waals surface area contributed by atoms with Crippen molar-refractivity contribution in [2.75, 3.05) is 56.2 Å². The number of aromatic nitrogens is 4. The van der Waals surface area contributed by atoms with Crippen LogP contribution in [0.25, 0.3) is 10.9 Å². The van der Waals surface area contributed by atoms with Crippen molar-refractivity contribution in [1.29, 1.82) is 0 Å². The van der Waals surface area contributed by atoms with E-state index in [1.807, 2.05) is 30.3 Å². The third kappa shape index (κ3) is 8.14. The number of pyridine rings is 2. The van der Waals surface area contributed by atoms with Crippen LogP contribution in [0.5, 0.6) is 5.75 Å². The highest BCUT2D eigenvalue weighted by Crippen LogP contribution is 2.28. The average molecular weight is 645 g/mol. The van der Waals surface area contributed by atoms with Crippen LogP contribution in [0, 0.1) is 11.8 Å². The zero-order chi connectivity index (χ0) is 33.1. The molecule has 2 aromatic carbocycles. The van der Waals surface area contributed by atoms with Gasteiger partial charge in [0.1, 0.15) is 16.8 Å². The Kier molecular flexibility index (Phi) is 10.5. The summed E-state index contributed by atoms with van der Waals surface area (Å²) in [5.74, 6) is 6.54. The number of hydrogen-bond acceptors (Lipinski definition) is 10. The number of carbonyl (C=O) groups excluding carboxylic acids is 1. The molecule has 244 valence electrons. The number of rotatable bonds is 11. The summed E-state index contributed by atoms with van der Waals surface area (Å²) in [5.41, 5.74) is 9.53. The lowest BCUT2D eigenvalue weighted by molar-refractivity contribution is 0.0956. The van der Waals surface area contributed by atoms with Crippen molar-refractivity contribution >= 4 is 34.1 Å². The summed E-state index contributed by atoms with van der Waals surface area (Å²) in [4.78, 5) is 41.4. The van der Waals surface area contributed by atoms with Gasteiger partial charge in [-0.1, -0.05) is 17.9 Å². The van der Waals surface area contributed by atoms with E-state index in [2.05, 4.69) is 49.5 Å². The first-order valence-corrected chi connectivity index (χ1v) is 15.8. The minimum Gasteiger partial charge on any atom is -0.491 e. The number of anilines is 3. The lowest BCUT2D eigenvalue weighted by atomic mass is 10.1. The Balaban J connectivity index is 1.14. The smallest absolute Gasteiger partial charge is 0.263 e. The van der Waals surface area contributed by atoms with Crippen molar-refractivity contribution in [2.24, 2.45) is 5.73 Å². The molecule has 0 radical (unpaired) electrons. The molecule has 4 heterocycles. The average Bonchev–Trinajstić information content (AvgIpc) is 3.12. The predicted molar refractivity (Wildman–Crippen MR) is 185 cm³/mol. The molecule has 12 nitrogen and oxygen atoms in total. The van der Waals surface area contributed by atoms with E-state index in [1.165, 1.54) is 10.6 Å². The van der Waals surface area contributed by atoms with E-state index in [0.29, 0.717) is 48.9 Å². The molecule has 5 aromatic rings. The van der Waals surface area contributed by atoms with Crippen molar-refractivity contribution in [2.45, 2.75) is 13.0 Å². The maximum Gasteiger partial charge on any atom is 0.263 e. The Morgan fingerprint density at radius 3 is 2.71 bits per heavy atom. The molecule has 1 aliphatic rings. The molecule has 0 bridgehead atoms. The normalized spacial score (nSPS) is 12.6. The highest BCUT2D eigenvalue weighted by molar-refractivity contribution is 5.94. The number of ether oxygens (including phenoxy) is 2. The molecule has 12 heteroatoms. The van der Waals surface area contributed by atoms with Crippen molar-refractivity contribution in [1.82, 2.24) is 24.8 Å². The Morgan fingerprint density at radius 2 is 1.92 bits per heavy atom. The maximum absolute atomic E-state index is 12.9. The van der Waals surface area contributed by atoms with Gasteiger partial charge in [-0.15, -0.1) is 0 Å². The molecule has 0 unspecified atom stereocenters. The first-order chi connectivity index (χ1) is 23.6. The van der Waals surface area contributed by atoms with Crippen LogP contribution in [0.3, 0.4) is 0 Å². The number of hydrogen-bond donors (Lipinski definition) is 3. The van der Waals surface area contributed by atoms with E-state index in [-0.39, 0.29) is 17.7 Å². The van der Waals surface area contributed by atoms with Crippen LogP contribution in [0.1, 0.15) is 27.9 Å². The zero-order valence-electron chi connectivity index (χ0n) is 26.4. The molecular weight excluding hydrogens is 608 g/mol. The highest BCUT2D eigenvalue weighted by Gasteiger charge is 2.14. The summed E-state index contributed by atoms with van der Waals surface area (Å²) in [6, 6.07) is 18.7. The van der Waals surface area contributed by atoms with E-state index >= 15 is 0 Å². The number of nitrogens with two attached hydrogens (primary N) is 1. The number of nitrogens with zero attached hydrogens (tertiary/aromatic N) is 5. The number of fused-ring (bicyclic) bond motifs is 1. The van der Waals surface area contributed by atoms with Gasteiger partial charge in [-0.25, -0.2) is 9.97 Å².